The predicted octanol–water partition coefficient (Wildman–Crippen LogP) is 3.02. The second-order valence-electron chi connectivity index (χ2n) is 7.09. The highest BCUT2D eigenvalue weighted by molar-refractivity contribution is 5.75. The molecule has 1 aliphatic rings. The van der Waals surface area contributed by atoms with E-state index in [4.69, 9.17) is 9.47 Å². The van der Waals surface area contributed by atoms with Crippen molar-refractivity contribution in [2.75, 3.05) is 20.3 Å². The van der Waals surface area contributed by atoms with Crippen LogP contribution in [-0.4, -0.2) is 48.4 Å². The number of likely N-dealkylation sites (tertiary alicyclic amines) is 1. The first-order valence-corrected chi connectivity index (χ1v) is 9.13. The van der Waals surface area contributed by atoms with Crippen molar-refractivity contribution in [3.63, 3.8) is 0 Å². The minimum absolute atomic E-state index is 0.272. The minimum Gasteiger partial charge on any atom is -0.494 e. The summed E-state index contributed by atoms with van der Waals surface area (Å²) in [5.41, 5.74) is 3.54. The molecule has 2 atom stereocenters. The monoisotopic (exact) mass is 349 g/mol. The number of benzene rings is 1. The first-order valence-electron chi connectivity index (χ1n) is 9.13. The highest BCUT2D eigenvalue weighted by atomic mass is 16.5. The van der Waals surface area contributed by atoms with Gasteiger partial charge in [0.25, 0.3) is 0 Å². The van der Waals surface area contributed by atoms with Gasteiger partial charge in [-0.15, -0.1) is 0 Å². The predicted molar refractivity (Wildman–Crippen MR) is 97.9 cm³/mol. The van der Waals surface area contributed by atoms with Crippen LogP contribution in [0, 0.1) is 6.92 Å². The molecule has 0 spiro atoms. The molecule has 1 saturated heterocycles. The number of hydrogen-bond acceptors (Lipinski definition) is 5. The zero-order valence-electron chi connectivity index (χ0n) is 16.0. The number of rotatable bonds is 6. The third-order valence-electron chi connectivity index (χ3n) is 4.92. The number of nitrogens with zero attached hydrogens (tertiary/aromatic N) is 1. The van der Waals surface area contributed by atoms with Crippen LogP contribution in [0.3, 0.4) is 0 Å². The third-order valence-corrected chi connectivity index (χ3v) is 4.92. The molecule has 140 valence electrons. The van der Waals surface area contributed by atoms with Gasteiger partial charge in [-0.3, -0.25) is 9.69 Å². The summed E-state index contributed by atoms with van der Waals surface area (Å²) in [6, 6.07) is 3.91. The SMILES string of the molecule is CCOc1cc(C)c(CN2CC[C@H](O)C[C@@H]2C(=O)OC)cc1C(C)C. The maximum atomic E-state index is 12.1. The molecular weight excluding hydrogens is 318 g/mol. The van der Waals surface area contributed by atoms with Crippen LogP contribution in [0.15, 0.2) is 12.1 Å². The van der Waals surface area contributed by atoms with Crippen LogP contribution >= 0.6 is 0 Å². The number of aryl methyl sites for hydroxylation is 1. The molecule has 1 aromatic rings. The summed E-state index contributed by atoms with van der Waals surface area (Å²) in [6.45, 7) is 10.4. The van der Waals surface area contributed by atoms with Gasteiger partial charge in [0.15, 0.2) is 0 Å². The Morgan fingerprint density at radius 3 is 2.72 bits per heavy atom. The first-order chi connectivity index (χ1) is 11.9. The van der Waals surface area contributed by atoms with Crippen LogP contribution < -0.4 is 4.74 Å². The summed E-state index contributed by atoms with van der Waals surface area (Å²) >= 11 is 0. The van der Waals surface area contributed by atoms with Gasteiger partial charge in [-0.05, 0) is 55.4 Å². The van der Waals surface area contributed by atoms with E-state index in [1.165, 1.54) is 18.2 Å². The van der Waals surface area contributed by atoms with E-state index in [9.17, 15) is 9.90 Å². The van der Waals surface area contributed by atoms with Gasteiger partial charge in [0.1, 0.15) is 11.8 Å². The molecule has 0 unspecified atom stereocenters. The summed E-state index contributed by atoms with van der Waals surface area (Å²) in [5, 5.41) is 9.92. The van der Waals surface area contributed by atoms with Gasteiger partial charge in [0, 0.05) is 13.1 Å². The van der Waals surface area contributed by atoms with Gasteiger partial charge >= 0.3 is 5.97 Å². The summed E-state index contributed by atoms with van der Waals surface area (Å²) in [6.07, 6.45) is 0.674. The van der Waals surface area contributed by atoms with Crippen molar-refractivity contribution in [1.29, 1.82) is 0 Å². The van der Waals surface area contributed by atoms with Crippen molar-refractivity contribution in [2.24, 2.45) is 0 Å². The minimum atomic E-state index is -0.437. The second kappa shape index (κ2) is 8.68. The van der Waals surface area contributed by atoms with E-state index in [1.807, 2.05) is 6.92 Å². The Morgan fingerprint density at radius 1 is 1.40 bits per heavy atom. The molecule has 0 bridgehead atoms. The van der Waals surface area contributed by atoms with E-state index in [0.29, 0.717) is 38.5 Å². The van der Waals surface area contributed by atoms with Crippen LogP contribution in [0.2, 0.25) is 0 Å². The lowest BCUT2D eigenvalue weighted by atomic mass is 9.94. The molecule has 0 amide bonds. The molecule has 5 heteroatoms. The van der Waals surface area contributed by atoms with Crippen LogP contribution in [0.25, 0.3) is 0 Å². The lowest BCUT2D eigenvalue weighted by molar-refractivity contribution is -0.150. The maximum Gasteiger partial charge on any atom is 0.323 e. The van der Waals surface area contributed by atoms with Crippen LogP contribution in [0.5, 0.6) is 5.75 Å². The van der Waals surface area contributed by atoms with E-state index in [1.54, 1.807) is 0 Å². The maximum absolute atomic E-state index is 12.1. The number of aliphatic hydroxyl groups is 1. The molecule has 0 aliphatic carbocycles. The van der Waals surface area contributed by atoms with E-state index in [-0.39, 0.29) is 12.0 Å². The largest absolute Gasteiger partial charge is 0.494 e. The zero-order valence-corrected chi connectivity index (χ0v) is 16.0. The molecule has 1 aromatic carbocycles. The van der Waals surface area contributed by atoms with Gasteiger partial charge in [-0.25, -0.2) is 0 Å². The quantitative estimate of drug-likeness (QED) is 0.800. The number of carbonyl (C=O) groups excluding carboxylic acids is 1. The molecule has 0 radical (unpaired) electrons. The van der Waals surface area contributed by atoms with Crippen LogP contribution in [0.4, 0.5) is 0 Å². The molecule has 1 fully saturated rings. The van der Waals surface area contributed by atoms with Crippen molar-refractivity contribution in [3.8, 4) is 5.75 Å². The fraction of sp³-hybridized carbons (Fsp3) is 0.650. The van der Waals surface area contributed by atoms with Gasteiger partial charge in [0.2, 0.25) is 0 Å². The molecule has 1 heterocycles. The number of ether oxygens (including phenoxy) is 2. The third kappa shape index (κ3) is 4.73. The molecule has 2 rings (SSSR count). The van der Waals surface area contributed by atoms with Gasteiger partial charge in [-0.2, -0.15) is 0 Å². The summed E-state index contributed by atoms with van der Waals surface area (Å²) in [5.74, 6) is 1.03. The average molecular weight is 349 g/mol. The summed E-state index contributed by atoms with van der Waals surface area (Å²) < 4.78 is 10.7. The Labute approximate surface area is 150 Å². The normalized spacial score (nSPS) is 21.4. The molecule has 1 N–H and O–H groups in total. The van der Waals surface area contributed by atoms with Gasteiger partial charge in [-0.1, -0.05) is 19.9 Å². The lowest BCUT2D eigenvalue weighted by Crippen LogP contribution is -2.48. The molecule has 25 heavy (non-hydrogen) atoms. The van der Waals surface area contributed by atoms with Crippen molar-refractivity contribution >= 4 is 5.97 Å². The summed E-state index contributed by atoms with van der Waals surface area (Å²) in [7, 11) is 1.40. The summed E-state index contributed by atoms with van der Waals surface area (Å²) in [4.78, 5) is 14.2. The lowest BCUT2D eigenvalue weighted by Gasteiger charge is -2.36. The van der Waals surface area contributed by atoms with E-state index < -0.39 is 6.10 Å². The number of methoxy groups -OCH3 is 1. The molecule has 5 nitrogen and oxygen atoms in total. The molecule has 0 saturated carbocycles. The van der Waals surface area contributed by atoms with Crippen molar-refractivity contribution in [3.05, 3.63) is 28.8 Å². The number of carbonyl (C=O) groups is 1. The van der Waals surface area contributed by atoms with E-state index in [2.05, 4.69) is 37.8 Å². The zero-order chi connectivity index (χ0) is 18.6. The Hall–Kier alpha value is -1.59. The van der Waals surface area contributed by atoms with Crippen LogP contribution in [0.1, 0.15) is 56.2 Å². The Bertz CT molecular complexity index is 600. The first kappa shape index (κ1) is 19.7. The van der Waals surface area contributed by atoms with E-state index >= 15 is 0 Å². The Balaban J connectivity index is 2.28. The van der Waals surface area contributed by atoms with Gasteiger partial charge < -0.3 is 14.6 Å². The Morgan fingerprint density at radius 2 is 2.12 bits per heavy atom. The molecular formula is C20H31NO4. The van der Waals surface area contributed by atoms with Crippen molar-refractivity contribution in [2.45, 2.75) is 65.1 Å². The molecule has 1 aliphatic heterocycles. The van der Waals surface area contributed by atoms with E-state index in [0.717, 1.165) is 11.3 Å². The number of piperidine rings is 1. The van der Waals surface area contributed by atoms with Gasteiger partial charge in [0.05, 0.1) is 19.8 Å². The van der Waals surface area contributed by atoms with Crippen molar-refractivity contribution < 1.29 is 19.4 Å². The highest BCUT2D eigenvalue weighted by Crippen LogP contribution is 2.31. The second-order valence-corrected chi connectivity index (χ2v) is 7.09. The Kier molecular flexibility index (Phi) is 6.85. The fourth-order valence-corrected chi connectivity index (χ4v) is 3.43. The molecule has 0 aromatic heterocycles. The number of aliphatic hydroxyl groups excluding tert-OH is 1. The van der Waals surface area contributed by atoms with Crippen molar-refractivity contribution in [1.82, 2.24) is 4.90 Å². The smallest absolute Gasteiger partial charge is 0.323 e. The number of esters is 1. The highest BCUT2D eigenvalue weighted by Gasteiger charge is 2.33. The average Bonchev–Trinajstić information content (AvgIpc) is 2.57. The topological polar surface area (TPSA) is 59.0 Å². The standard InChI is InChI=1S/C20H31NO4/c1-6-25-19-9-14(4)15(10-17(19)13(2)3)12-21-8-7-16(22)11-18(21)20(23)24-5/h9-10,13,16,18,22H,6-8,11-12H2,1-5H3/t16-,18+/m0/s1. The van der Waals surface area contributed by atoms with Crippen LogP contribution in [-0.2, 0) is 16.1 Å². The fourth-order valence-electron chi connectivity index (χ4n) is 3.43. The number of hydrogen-bond donors (Lipinski definition) is 1.